The Labute approximate surface area is 87.2 Å². The quantitative estimate of drug-likeness (QED) is 0.775. The van der Waals surface area contributed by atoms with Crippen LogP contribution in [0.2, 0.25) is 0 Å². The molecule has 0 aliphatic heterocycles. The Hall–Kier alpha value is -0.640. The Kier molecular flexibility index (Phi) is 4.33. The number of hydrogen-bond acceptors (Lipinski definition) is 3. The molecule has 0 radical (unpaired) electrons. The average molecular weight is 247 g/mol. The van der Waals surface area contributed by atoms with Crippen molar-refractivity contribution in [1.29, 1.82) is 0 Å². The standard InChI is InChI=1S/C9H15BrN2O/c1-6(11)8(10)5-12-9(3,4)7(2)13/h5H,11H2,1-4H3/b8-6+,12-5?. The summed E-state index contributed by atoms with van der Waals surface area (Å²) >= 11 is 3.24. The van der Waals surface area contributed by atoms with E-state index in [-0.39, 0.29) is 5.78 Å². The Morgan fingerprint density at radius 1 is 1.46 bits per heavy atom. The van der Waals surface area contributed by atoms with E-state index in [2.05, 4.69) is 20.9 Å². The molecule has 0 aromatic carbocycles. The molecule has 0 saturated carbocycles. The van der Waals surface area contributed by atoms with E-state index in [1.54, 1.807) is 27.0 Å². The smallest absolute Gasteiger partial charge is 0.156 e. The van der Waals surface area contributed by atoms with E-state index in [0.717, 1.165) is 0 Å². The summed E-state index contributed by atoms with van der Waals surface area (Å²) in [6.07, 6.45) is 1.57. The Bertz CT molecular complexity index is 263. The molecule has 0 fully saturated rings. The van der Waals surface area contributed by atoms with Crippen molar-refractivity contribution in [2.45, 2.75) is 33.2 Å². The Balaban J connectivity index is 4.63. The van der Waals surface area contributed by atoms with Gasteiger partial charge in [0.2, 0.25) is 0 Å². The van der Waals surface area contributed by atoms with Gasteiger partial charge in [-0.25, -0.2) is 0 Å². The van der Waals surface area contributed by atoms with E-state index in [1.807, 2.05) is 0 Å². The second-order valence-corrected chi connectivity index (χ2v) is 4.26. The third-order valence-electron chi connectivity index (χ3n) is 1.74. The van der Waals surface area contributed by atoms with Crippen molar-refractivity contribution in [3.05, 3.63) is 10.2 Å². The van der Waals surface area contributed by atoms with Gasteiger partial charge in [-0.3, -0.25) is 9.79 Å². The molecule has 0 aliphatic rings. The average Bonchev–Trinajstić information content (AvgIpc) is 1.99. The highest BCUT2D eigenvalue weighted by Gasteiger charge is 2.20. The van der Waals surface area contributed by atoms with Crippen molar-refractivity contribution in [3.63, 3.8) is 0 Å². The Morgan fingerprint density at radius 2 is 1.92 bits per heavy atom. The van der Waals surface area contributed by atoms with Gasteiger partial charge in [0.1, 0.15) is 5.54 Å². The minimum absolute atomic E-state index is 0.0266. The second kappa shape index (κ2) is 4.56. The van der Waals surface area contributed by atoms with Crippen LogP contribution in [-0.2, 0) is 4.79 Å². The number of nitrogens with two attached hydrogens (primary N) is 1. The minimum atomic E-state index is -0.672. The van der Waals surface area contributed by atoms with Crippen LogP contribution in [0.4, 0.5) is 0 Å². The molecule has 0 atom stereocenters. The normalized spacial score (nSPS) is 14.5. The van der Waals surface area contributed by atoms with Gasteiger partial charge in [0.15, 0.2) is 5.78 Å². The van der Waals surface area contributed by atoms with Gasteiger partial charge in [0.05, 0.1) is 4.48 Å². The zero-order chi connectivity index (χ0) is 10.6. The number of carbonyl (C=O) groups is 1. The fraction of sp³-hybridized carbons (Fsp3) is 0.556. The first-order chi connectivity index (χ1) is 5.77. The maximum Gasteiger partial charge on any atom is 0.156 e. The number of hydrogen-bond donors (Lipinski definition) is 1. The molecule has 0 unspecified atom stereocenters. The molecule has 0 saturated heterocycles. The molecule has 0 rings (SSSR count). The molecule has 4 heteroatoms. The third-order valence-corrected chi connectivity index (χ3v) is 2.57. The number of carbonyl (C=O) groups excluding carboxylic acids is 1. The van der Waals surface area contributed by atoms with Crippen LogP contribution in [0.3, 0.4) is 0 Å². The predicted molar refractivity (Wildman–Crippen MR) is 59.1 cm³/mol. The second-order valence-electron chi connectivity index (χ2n) is 3.40. The summed E-state index contributed by atoms with van der Waals surface area (Å²) in [6, 6.07) is 0. The lowest BCUT2D eigenvalue weighted by Crippen LogP contribution is -2.26. The van der Waals surface area contributed by atoms with E-state index in [9.17, 15) is 4.79 Å². The van der Waals surface area contributed by atoms with Crippen LogP contribution < -0.4 is 5.73 Å². The number of nitrogens with zero attached hydrogens (tertiary/aromatic N) is 1. The van der Waals surface area contributed by atoms with Crippen LogP contribution in [0, 0.1) is 0 Å². The molecule has 2 N–H and O–H groups in total. The molecule has 0 aliphatic carbocycles. The zero-order valence-corrected chi connectivity index (χ0v) is 9.97. The van der Waals surface area contributed by atoms with Crippen LogP contribution in [0.25, 0.3) is 0 Å². The number of rotatable bonds is 3. The highest BCUT2D eigenvalue weighted by Crippen LogP contribution is 2.12. The number of allylic oxidation sites excluding steroid dienone is 2. The van der Waals surface area contributed by atoms with Gasteiger partial charge in [-0.1, -0.05) is 0 Å². The maximum absolute atomic E-state index is 11.1. The molecule has 0 amide bonds. The van der Waals surface area contributed by atoms with Gasteiger partial charge in [-0.2, -0.15) is 0 Å². The number of ketones is 1. The van der Waals surface area contributed by atoms with Gasteiger partial charge in [0.25, 0.3) is 0 Å². The molecule has 0 aromatic rings. The highest BCUT2D eigenvalue weighted by atomic mass is 79.9. The number of halogens is 1. The van der Waals surface area contributed by atoms with Crippen molar-refractivity contribution < 1.29 is 4.79 Å². The number of Topliss-reactive ketones (excluding diaryl/α,β-unsaturated/α-hetero) is 1. The van der Waals surface area contributed by atoms with E-state index >= 15 is 0 Å². The van der Waals surface area contributed by atoms with E-state index < -0.39 is 5.54 Å². The summed E-state index contributed by atoms with van der Waals surface area (Å²) in [7, 11) is 0. The van der Waals surface area contributed by atoms with Gasteiger partial charge >= 0.3 is 0 Å². The lowest BCUT2D eigenvalue weighted by Gasteiger charge is -2.14. The molecular weight excluding hydrogens is 232 g/mol. The lowest BCUT2D eigenvalue weighted by molar-refractivity contribution is -0.120. The summed E-state index contributed by atoms with van der Waals surface area (Å²) in [5.74, 6) is 0.0266. The van der Waals surface area contributed by atoms with Crippen LogP contribution >= 0.6 is 15.9 Å². The first-order valence-corrected chi connectivity index (χ1v) is 4.75. The van der Waals surface area contributed by atoms with Crippen molar-refractivity contribution in [2.75, 3.05) is 0 Å². The molecule has 0 spiro atoms. The van der Waals surface area contributed by atoms with E-state index in [1.165, 1.54) is 6.92 Å². The van der Waals surface area contributed by atoms with Crippen molar-refractivity contribution >= 4 is 27.9 Å². The minimum Gasteiger partial charge on any atom is -0.401 e. The summed E-state index contributed by atoms with van der Waals surface area (Å²) in [4.78, 5) is 15.2. The summed E-state index contributed by atoms with van der Waals surface area (Å²) < 4.78 is 0.710. The SMILES string of the molecule is CC(=O)C(C)(C)N=C/C(Br)=C(/C)N. The van der Waals surface area contributed by atoms with Gasteiger partial charge in [0, 0.05) is 11.9 Å². The van der Waals surface area contributed by atoms with E-state index in [4.69, 9.17) is 5.73 Å². The largest absolute Gasteiger partial charge is 0.401 e. The van der Waals surface area contributed by atoms with Gasteiger partial charge in [-0.15, -0.1) is 0 Å². The zero-order valence-electron chi connectivity index (χ0n) is 8.39. The first-order valence-electron chi connectivity index (χ1n) is 3.95. The summed E-state index contributed by atoms with van der Waals surface area (Å²) in [6.45, 7) is 6.80. The maximum atomic E-state index is 11.1. The van der Waals surface area contributed by atoms with Crippen LogP contribution in [0.5, 0.6) is 0 Å². The monoisotopic (exact) mass is 246 g/mol. The molecule has 74 valence electrons. The summed E-state index contributed by atoms with van der Waals surface area (Å²) in [5, 5.41) is 0. The van der Waals surface area contributed by atoms with E-state index in [0.29, 0.717) is 10.2 Å². The van der Waals surface area contributed by atoms with Crippen molar-refractivity contribution in [1.82, 2.24) is 0 Å². The van der Waals surface area contributed by atoms with Crippen LogP contribution in [0.15, 0.2) is 15.2 Å². The first kappa shape index (κ1) is 12.4. The van der Waals surface area contributed by atoms with Crippen molar-refractivity contribution in [2.24, 2.45) is 10.7 Å². The van der Waals surface area contributed by atoms with Crippen LogP contribution in [0.1, 0.15) is 27.7 Å². The molecule has 0 heterocycles. The van der Waals surface area contributed by atoms with Gasteiger partial charge in [-0.05, 0) is 43.6 Å². The fourth-order valence-corrected chi connectivity index (χ4v) is 0.513. The molecule has 3 nitrogen and oxygen atoms in total. The molecular formula is C9H15BrN2O. The topological polar surface area (TPSA) is 55.5 Å². The fourth-order valence-electron chi connectivity index (χ4n) is 0.411. The number of aliphatic imine (C=N–C) groups is 1. The van der Waals surface area contributed by atoms with Crippen LogP contribution in [-0.4, -0.2) is 17.5 Å². The molecule has 13 heavy (non-hydrogen) atoms. The predicted octanol–water partition coefficient (Wildman–Crippen LogP) is 2.01. The third kappa shape index (κ3) is 4.22. The lowest BCUT2D eigenvalue weighted by atomic mass is 10.0. The summed E-state index contributed by atoms with van der Waals surface area (Å²) in [5.41, 5.74) is 5.47. The van der Waals surface area contributed by atoms with Gasteiger partial charge < -0.3 is 5.73 Å². The Morgan fingerprint density at radius 3 is 2.23 bits per heavy atom. The van der Waals surface area contributed by atoms with Crippen molar-refractivity contribution in [3.8, 4) is 0 Å². The highest BCUT2D eigenvalue weighted by molar-refractivity contribution is 9.12. The molecule has 0 aromatic heterocycles. The molecule has 0 bridgehead atoms.